The van der Waals surface area contributed by atoms with E-state index in [9.17, 15) is 19.1 Å². The normalized spacial score (nSPS) is 12.7. The summed E-state index contributed by atoms with van der Waals surface area (Å²) in [5.41, 5.74) is 8.48. The highest BCUT2D eigenvalue weighted by atomic mass is 19.1. The van der Waals surface area contributed by atoms with E-state index in [1.165, 1.54) is 30.9 Å². The number of nitrogens with zero attached hydrogens (tertiary/aromatic N) is 2. The topological polar surface area (TPSA) is 117 Å². The highest BCUT2D eigenvalue weighted by molar-refractivity contribution is 5.90. The fourth-order valence-corrected chi connectivity index (χ4v) is 3.94. The second-order valence-electron chi connectivity index (χ2n) is 7.11. The number of pyridine rings is 2. The first-order chi connectivity index (χ1) is 15.4. The van der Waals surface area contributed by atoms with Gasteiger partial charge < -0.3 is 29.7 Å². The lowest BCUT2D eigenvalue weighted by Crippen LogP contribution is -2.26. The molecular formula is C23H26FN3O5. The molecule has 1 aliphatic rings. The largest absolute Gasteiger partial charge is 0.396 e. The van der Waals surface area contributed by atoms with Crippen LogP contribution in [0, 0.1) is 5.82 Å². The van der Waals surface area contributed by atoms with Crippen molar-refractivity contribution in [2.45, 2.75) is 39.7 Å². The lowest BCUT2D eigenvalue weighted by molar-refractivity contribution is -0.115. The van der Waals surface area contributed by atoms with Crippen LogP contribution in [0.5, 0.6) is 0 Å². The number of halogens is 1. The number of aliphatic hydroxyl groups excluding tert-OH is 1. The van der Waals surface area contributed by atoms with E-state index in [1.807, 2.05) is 13.8 Å². The molecule has 1 aliphatic heterocycles. The van der Waals surface area contributed by atoms with E-state index < -0.39 is 11.9 Å². The first kappa shape index (κ1) is 23.5. The molecule has 1 atom stereocenters. The molecule has 0 saturated carbocycles. The highest BCUT2D eigenvalue weighted by Gasteiger charge is 2.29. The van der Waals surface area contributed by atoms with Gasteiger partial charge in [0.25, 0.3) is 5.56 Å². The van der Waals surface area contributed by atoms with Gasteiger partial charge in [-0.1, -0.05) is 13.8 Å². The van der Waals surface area contributed by atoms with Gasteiger partial charge in [0.2, 0.25) is 0 Å². The quantitative estimate of drug-likeness (QED) is 0.348. The van der Waals surface area contributed by atoms with Gasteiger partial charge in [-0.15, -0.1) is 0 Å². The van der Waals surface area contributed by atoms with Crippen LogP contribution in [0.2, 0.25) is 0 Å². The van der Waals surface area contributed by atoms with Crippen molar-refractivity contribution in [2.75, 3.05) is 20.0 Å². The molecular weight excluding hydrogens is 417 g/mol. The second kappa shape index (κ2) is 9.56. The number of carbonyl (C=O) groups is 1. The summed E-state index contributed by atoms with van der Waals surface area (Å²) in [5.74, 6) is -0.596. The first-order valence-corrected chi connectivity index (χ1v) is 10.2. The van der Waals surface area contributed by atoms with Crippen LogP contribution in [0.1, 0.15) is 42.2 Å². The number of nitrogens with two attached hydrogens (primary N) is 1. The third-order valence-electron chi connectivity index (χ3n) is 5.34. The van der Waals surface area contributed by atoms with Crippen LogP contribution < -0.4 is 11.3 Å². The predicted octanol–water partition coefficient (Wildman–Crippen LogP) is 2.70. The van der Waals surface area contributed by atoms with Crippen LogP contribution in [0.25, 0.3) is 22.3 Å². The Kier molecular flexibility index (Phi) is 7.02. The first-order valence-electron chi connectivity index (χ1n) is 10.2. The van der Waals surface area contributed by atoms with Crippen LogP contribution in [-0.4, -0.2) is 35.2 Å². The summed E-state index contributed by atoms with van der Waals surface area (Å²) in [7, 11) is 2.96. The molecule has 0 bridgehead atoms. The smallest absolute Gasteiger partial charge is 0.257 e. The maximum atomic E-state index is 14.1. The Balaban J connectivity index is 0.00000141. The van der Waals surface area contributed by atoms with E-state index in [-0.39, 0.29) is 42.1 Å². The zero-order valence-electron chi connectivity index (χ0n) is 18.4. The zero-order valence-corrected chi connectivity index (χ0v) is 18.4. The van der Waals surface area contributed by atoms with Gasteiger partial charge in [-0.05, 0) is 17.7 Å². The molecule has 0 fully saturated rings. The molecule has 0 amide bonds. The van der Waals surface area contributed by atoms with Gasteiger partial charge in [-0.2, -0.15) is 0 Å². The van der Waals surface area contributed by atoms with Crippen molar-refractivity contribution in [1.82, 2.24) is 9.55 Å². The van der Waals surface area contributed by atoms with Gasteiger partial charge in [0.05, 0.1) is 42.4 Å². The summed E-state index contributed by atoms with van der Waals surface area (Å²) in [4.78, 5) is 28.9. The van der Waals surface area contributed by atoms with Crippen LogP contribution in [0.4, 0.5) is 10.1 Å². The Morgan fingerprint density at radius 3 is 2.50 bits per heavy atom. The summed E-state index contributed by atoms with van der Waals surface area (Å²) >= 11 is 0. The van der Waals surface area contributed by atoms with Gasteiger partial charge in [0, 0.05) is 42.4 Å². The van der Waals surface area contributed by atoms with Gasteiger partial charge in [0.15, 0.2) is 6.29 Å². The number of aromatic nitrogens is 2. The number of fused-ring (bicyclic) bond motifs is 4. The minimum Gasteiger partial charge on any atom is -0.396 e. The number of ether oxygens (including phenoxy) is 2. The number of methoxy groups -OCH3 is 2. The number of nitrogen functional groups attached to an aromatic ring is 1. The van der Waals surface area contributed by atoms with Crippen molar-refractivity contribution in [3.8, 4) is 11.4 Å². The summed E-state index contributed by atoms with van der Waals surface area (Å²) in [6, 6.07) is 4.31. The molecule has 3 N–H and O–H groups in total. The maximum absolute atomic E-state index is 14.1. The number of aliphatic hydroxyl groups is 1. The number of anilines is 1. The SMILES string of the molecule is CC.COCc1c(C(O)C=O)cc2n(c1=O)Cc1c-2nc2cc(F)c(N)cc2c1COC. The van der Waals surface area contributed by atoms with Crippen molar-refractivity contribution >= 4 is 22.9 Å². The lowest BCUT2D eigenvalue weighted by Gasteiger charge is -2.14. The summed E-state index contributed by atoms with van der Waals surface area (Å²) in [5, 5.41) is 10.8. The lowest BCUT2D eigenvalue weighted by atomic mass is 9.99. The molecule has 32 heavy (non-hydrogen) atoms. The van der Waals surface area contributed by atoms with Gasteiger partial charge >= 0.3 is 0 Å². The van der Waals surface area contributed by atoms with Crippen LogP contribution in [-0.2, 0) is 34.0 Å². The fourth-order valence-electron chi connectivity index (χ4n) is 3.94. The average molecular weight is 443 g/mol. The molecule has 9 heteroatoms. The summed E-state index contributed by atoms with van der Waals surface area (Å²) < 4.78 is 26.0. The molecule has 1 aromatic carbocycles. The Bertz CT molecular complexity index is 1240. The van der Waals surface area contributed by atoms with E-state index >= 15 is 0 Å². The third kappa shape index (κ3) is 3.79. The van der Waals surface area contributed by atoms with E-state index in [2.05, 4.69) is 4.98 Å². The van der Waals surface area contributed by atoms with Crippen molar-refractivity contribution in [3.63, 3.8) is 0 Å². The molecule has 170 valence electrons. The van der Waals surface area contributed by atoms with Gasteiger partial charge in [0.1, 0.15) is 11.9 Å². The van der Waals surface area contributed by atoms with Crippen molar-refractivity contribution in [3.05, 3.63) is 56.6 Å². The monoisotopic (exact) mass is 443 g/mol. The van der Waals surface area contributed by atoms with Gasteiger partial charge in [-0.3, -0.25) is 4.79 Å². The molecule has 0 saturated heterocycles. The minimum absolute atomic E-state index is 0.00643. The average Bonchev–Trinajstić information content (AvgIpc) is 3.16. The Morgan fingerprint density at radius 1 is 1.22 bits per heavy atom. The Labute approximate surface area is 184 Å². The van der Waals surface area contributed by atoms with E-state index in [1.54, 1.807) is 6.07 Å². The number of hydrogen-bond donors (Lipinski definition) is 2. The molecule has 3 heterocycles. The Morgan fingerprint density at radius 2 is 1.88 bits per heavy atom. The summed E-state index contributed by atoms with van der Waals surface area (Å²) in [6.45, 7) is 4.37. The molecule has 8 nitrogen and oxygen atoms in total. The number of hydrogen-bond acceptors (Lipinski definition) is 7. The van der Waals surface area contributed by atoms with Crippen molar-refractivity contribution < 1.29 is 23.8 Å². The van der Waals surface area contributed by atoms with Crippen molar-refractivity contribution in [2.24, 2.45) is 0 Å². The second-order valence-corrected chi connectivity index (χ2v) is 7.11. The summed E-state index contributed by atoms with van der Waals surface area (Å²) in [6.07, 6.45) is -1.13. The molecule has 2 aromatic heterocycles. The molecule has 4 rings (SSSR count). The minimum atomic E-state index is -1.48. The van der Waals surface area contributed by atoms with Crippen molar-refractivity contribution in [1.29, 1.82) is 0 Å². The van der Waals surface area contributed by atoms with Gasteiger partial charge in [-0.25, -0.2) is 9.37 Å². The number of aldehydes is 1. The third-order valence-corrected chi connectivity index (χ3v) is 5.34. The van der Waals surface area contributed by atoms with Crippen LogP contribution >= 0.6 is 0 Å². The van der Waals surface area contributed by atoms with Crippen LogP contribution in [0.3, 0.4) is 0 Å². The van der Waals surface area contributed by atoms with Crippen LogP contribution in [0.15, 0.2) is 23.0 Å². The maximum Gasteiger partial charge on any atom is 0.257 e. The standard InChI is InChI=1S/C21H20FN3O5.C2H6/c1-29-8-13-10-3-16(23)15(22)5-17(10)24-20-12(13)6-25-18(20)4-11(19(27)7-26)14(9-30-2)21(25)28;1-2/h3-5,7,19,27H,6,8-9,23H2,1-2H3;1-2H3. The van der Waals surface area contributed by atoms with E-state index in [4.69, 9.17) is 15.2 Å². The molecule has 0 aliphatic carbocycles. The number of benzene rings is 1. The molecule has 3 aromatic rings. The van der Waals surface area contributed by atoms with E-state index in [0.29, 0.717) is 28.6 Å². The predicted molar refractivity (Wildman–Crippen MR) is 119 cm³/mol. The molecule has 1 unspecified atom stereocenters. The highest BCUT2D eigenvalue weighted by Crippen LogP contribution is 2.38. The van der Waals surface area contributed by atoms with E-state index in [0.717, 1.165) is 11.1 Å². The molecule has 0 spiro atoms. The molecule has 0 radical (unpaired) electrons. The number of rotatable bonds is 6. The number of carbonyl (C=O) groups excluding carboxylic acids is 1. The zero-order chi connectivity index (χ0) is 23.6. The Hall–Kier alpha value is -3.14. The fraction of sp³-hybridized carbons (Fsp3) is 0.348.